The number of rotatable bonds is 9. The summed E-state index contributed by atoms with van der Waals surface area (Å²) in [5.41, 5.74) is 5.53. The zero-order valence-corrected chi connectivity index (χ0v) is 9.80. The Hall–Kier alpha value is -0.830. The van der Waals surface area contributed by atoms with Crippen molar-refractivity contribution in [3.8, 4) is 0 Å². The predicted molar refractivity (Wildman–Crippen MR) is 64.5 cm³/mol. The molecular formula is C12H24N2O. The maximum atomic E-state index is 11.3. The summed E-state index contributed by atoms with van der Waals surface area (Å²) in [4.78, 5) is 11.3. The van der Waals surface area contributed by atoms with Gasteiger partial charge in [0, 0.05) is 13.0 Å². The Bertz CT molecular complexity index is 174. The summed E-state index contributed by atoms with van der Waals surface area (Å²) < 4.78 is 0. The van der Waals surface area contributed by atoms with Crippen LogP contribution >= 0.6 is 0 Å². The summed E-state index contributed by atoms with van der Waals surface area (Å²) in [5, 5.41) is 2.78. The van der Waals surface area contributed by atoms with Gasteiger partial charge in [0.25, 0.3) is 0 Å². The van der Waals surface area contributed by atoms with Gasteiger partial charge in [-0.25, -0.2) is 0 Å². The van der Waals surface area contributed by atoms with E-state index in [0.29, 0.717) is 18.9 Å². The van der Waals surface area contributed by atoms with E-state index in [2.05, 4.69) is 18.8 Å². The molecule has 0 aromatic rings. The number of carbonyl (C=O) groups is 1. The first-order valence-corrected chi connectivity index (χ1v) is 5.82. The van der Waals surface area contributed by atoms with E-state index < -0.39 is 0 Å². The van der Waals surface area contributed by atoms with Crippen LogP contribution in [0.3, 0.4) is 0 Å². The summed E-state index contributed by atoms with van der Waals surface area (Å²) in [6.07, 6.45) is 6.63. The third-order valence-corrected chi connectivity index (χ3v) is 2.50. The second-order valence-corrected chi connectivity index (χ2v) is 3.86. The Labute approximate surface area is 93.1 Å². The van der Waals surface area contributed by atoms with E-state index in [-0.39, 0.29) is 5.91 Å². The minimum absolute atomic E-state index is 0.119. The third-order valence-electron chi connectivity index (χ3n) is 2.50. The number of hydrogen-bond acceptors (Lipinski definition) is 2. The lowest BCUT2D eigenvalue weighted by atomic mass is 9.94. The average Bonchev–Trinajstić information content (AvgIpc) is 2.23. The molecule has 3 N–H and O–H groups in total. The van der Waals surface area contributed by atoms with E-state index in [1.165, 1.54) is 12.8 Å². The molecule has 0 aliphatic carbocycles. The van der Waals surface area contributed by atoms with Crippen LogP contribution in [0.15, 0.2) is 12.7 Å². The van der Waals surface area contributed by atoms with Gasteiger partial charge in [-0.05, 0) is 25.3 Å². The molecule has 3 nitrogen and oxygen atoms in total. The van der Waals surface area contributed by atoms with Crippen LogP contribution in [0, 0.1) is 5.92 Å². The van der Waals surface area contributed by atoms with Crippen LogP contribution in [0.25, 0.3) is 0 Å². The van der Waals surface area contributed by atoms with E-state index in [9.17, 15) is 4.79 Å². The first-order valence-electron chi connectivity index (χ1n) is 5.82. The number of hydrogen-bond donors (Lipinski definition) is 2. The van der Waals surface area contributed by atoms with Gasteiger partial charge in [-0.1, -0.05) is 25.8 Å². The minimum Gasteiger partial charge on any atom is -0.353 e. The van der Waals surface area contributed by atoms with Crippen LogP contribution in [0.5, 0.6) is 0 Å². The van der Waals surface area contributed by atoms with E-state index in [1.807, 2.05) is 0 Å². The van der Waals surface area contributed by atoms with Crippen molar-refractivity contribution in [2.75, 3.05) is 13.1 Å². The first kappa shape index (κ1) is 14.2. The van der Waals surface area contributed by atoms with Crippen molar-refractivity contribution in [2.45, 2.75) is 39.0 Å². The van der Waals surface area contributed by atoms with Crippen LogP contribution in [0.4, 0.5) is 0 Å². The van der Waals surface area contributed by atoms with E-state index >= 15 is 0 Å². The van der Waals surface area contributed by atoms with Crippen LogP contribution in [0.1, 0.15) is 39.0 Å². The highest BCUT2D eigenvalue weighted by Crippen LogP contribution is 2.16. The molecule has 0 saturated heterocycles. The molecule has 0 saturated carbocycles. The SMILES string of the molecule is C=CCNC(=O)CCC(CCC)CCN. The minimum atomic E-state index is 0.119. The van der Waals surface area contributed by atoms with Crippen LogP contribution in [-0.4, -0.2) is 19.0 Å². The summed E-state index contributed by atoms with van der Waals surface area (Å²) in [7, 11) is 0. The fourth-order valence-electron chi connectivity index (χ4n) is 1.69. The van der Waals surface area contributed by atoms with Crippen molar-refractivity contribution in [3.63, 3.8) is 0 Å². The second kappa shape index (κ2) is 9.71. The third kappa shape index (κ3) is 8.18. The van der Waals surface area contributed by atoms with Crippen molar-refractivity contribution in [1.82, 2.24) is 5.32 Å². The van der Waals surface area contributed by atoms with Crippen molar-refractivity contribution in [1.29, 1.82) is 0 Å². The van der Waals surface area contributed by atoms with E-state index in [1.54, 1.807) is 6.08 Å². The topological polar surface area (TPSA) is 55.1 Å². The van der Waals surface area contributed by atoms with Gasteiger partial charge in [0.1, 0.15) is 0 Å². The van der Waals surface area contributed by atoms with Crippen LogP contribution < -0.4 is 11.1 Å². The summed E-state index contributed by atoms with van der Waals surface area (Å²) in [5.74, 6) is 0.725. The van der Waals surface area contributed by atoms with E-state index in [0.717, 1.165) is 19.4 Å². The quantitative estimate of drug-likeness (QED) is 0.573. The Balaban J connectivity index is 3.66. The van der Waals surface area contributed by atoms with Crippen molar-refractivity contribution in [3.05, 3.63) is 12.7 Å². The summed E-state index contributed by atoms with van der Waals surface area (Å²) in [6, 6.07) is 0. The number of nitrogens with two attached hydrogens (primary N) is 1. The average molecular weight is 212 g/mol. The number of nitrogens with one attached hydrogen (secondary N) is 1. The zero-order valence-electron chi connectivity index (χ0n) is 9.80. The van der Waals surface area contributed by atoms with Crippen LogP contribution in [-0.2, 0) is 4.79 Å². The lowest BCUT2D eigenvalue weighted by molar-refractivity contribution is -0.121. The predicted octanol–water partition coefficient (Wildman–Crippen LogP) is 1.83. The monoisotopic (exact) mass is 212 g/mol. The van der Waals surface area contributed by atoms with Gasteiger partial charge < -0.3 is 11.1 Å². The Kier molecular flexibility index (Phi) is 9.18. The molecule has 1 amide bonds. The molecule has 0 fully saturated rings. The highest BCUT2D eigenvalue weighted by Gasteiger charge is 2.09. The highest BCUT2D eigenvalue weighted by atomic mass is 16.1. The molecule has 88 valence electrons. The standard InChI is InChI=1S/C12H24N2O/c1-3-5-11(8-9-13)6-7-12(15)14-10-4-2/h4,11H,2-3,5-10,13H2,1H3,(H,14,15). The Morgan fingerprint density at radius 2 is 2.20 bits per heavy atom. The number of amides is 1. The van der Waals surface area contributed by atoms with Crippen LogP contribution in [0.2, 0.25) is 0 Å². The molecular weight excluding hydrogens is 188 g/mol. The van der Waals surface area contributed by atoms with Gasteiger partial charge in [0.2, 0.25) is 5.91 Å². The van der Waals surface area contributed by atoms with Gasteiger partial charge in [-0.3, -0.25) is 4.79 Å². The van der Waals surface area contributed by atoms with Crippen molar-refractivity contribution >= 4 is 5.91 Å². The van der Waals surface area contributed by atoms with Gasteiger partial charge in [0.15, 0.2) is 0 Å². The maximum absolute atomic E-state index is 11.3. The zero-order chi connectivity index (χ0) is 11.5. The van der Waals surface area contributed by atoms with E-state index in [4.69, 9.17) is 5.73 Å². The molecule has 0 aromatic heterocycles. The molecule has 1 atom stereocenters. The largest absolute Gasteiger partial charge is 0.353 e. The molecule has 0 radical (unpaired) electrons. The van der Waals surface area contributed by atoms with Gasteiger partial charge in [-0.2, -0.15) is 0 Å². The Morgan fingerprint density at radius 1 is 1.47 bits per heavy atom. The van der Waals surface area contributed by atoms with Gasteiger partial charge >= 0.3 is 0 Å². The first-order chi connectivity index (χ1) is 7.24. The molecule has 0 rings (SSSR count). The second-order valence-electron chi connectivity index (χ2n) is 3.86. The molecule has 15 heavy (non-hydrogen) atoms. The lowest BCUT2D eigenvalue weighted by Gasteiger charge is -2.14. The lowest BCUT2D eigenvalue weighted by Crippen LogP contribution is -2.23. The number of carbonyl (C=O) groups excluding carboxylic acids is 1. The molecule has 0 aliphatic rings. The molecule has 3 heteroatoms. The molecule has 1 unspecified atom stereocenters. The normalized spacial score (nSPS) is 12.1. The molecule has 0 heterocycles. The smallest absolute Gasteiger partial charge is 0.220 e. The fraction of sp³-hybridized carbons (Fsp3) is 0.750. The summed E-state index contributed by atoms with van der Waals surface area (Å²) in [6.45, 7) is 7.01. The van der Waals surface area contributed by atoms with Gasteiger partial charge in [-0.15, -0.1) is 6.58 Å². The maximum Gasteiger partial charge on any atom is 0.220 e. The van der Waals surface area contributed by atoms with Crippen molar-refractivity contribution in [2.24, 2.45) is 11.7 Å². The Morgan fingerprint density at radius 3 is 2.73 bits per heavy atom. The summed E-state index contributed by atoms with van der Waals surface area (Å²) >= 11 is 0. The highest BCUT2D eigenvalue weighted by molar-refractivity contribution is 5.75. The molecule has 0 aromatic carbocycles. The van der Waals surface area contributed by atoms with Gasteiger partial charge in [0.05, 0.1) is 0 Å². The fourth-order valence-corrected chi connectivity index (χ4v) is 1.69. The molecule has 0 bridgehead atoms. The van der Waals surface area contributed by atoms with Crippen molar-refractivity contribution < 1.29 is 4.79 Å². The molecule has 0 spiro atoms. The molecule has 0 aliphatic heterocycles.